The van der Waals surface area contributed by atoms with Crippen LogP contribution in [0.15, 0.2) is 43.3 Å². The van der Waals surface area contributed by atoms with E-state index < -0.39 is 0 Å². The van der Waals surface area contributed by atoms with Gasteiger partial charge in [0, 0.05) is 12.8 Å². The van der Waals surface area contributed by atoms with E-state index in [0.29, 0.717) is 35.8 Å². The molecule has 150 valence electrons. The van der Waals surface area contributed by atoms with Crippen LogP contribution in [-0.2, 0) is 9.59 Å². The first-order chi connectivity index (χ1) is 13.3. The minimum Gasteiger partial charge on any atom is -0.460 e. The summed E-state index contributed by atoms with van der Waals surface area (Å²) in [6.07, 6.45) is 1.73. The van der Waals surface area contributed by atoms with Gasteiger partial charge in [-0.05, 0) is 64.8 Å². The smallest absolute Gasteiger partial charge is 0.240 e. The molecule has 0 aliphatic rings. The molecule has 0 atom stereocenters. The van der Waals surface area contributed by atoms with E-state index in [-0.39, 0.29) is 24.7 Å². The van der Waals surface area contributed by atoms with Crippen LogP contribution in [0.1, 0.15) is 62.6 Å². The number of nitrogens with one attached hydrogen (secondary N) is 2. The first-order valence-corrected chi connectivity index (χ1v) is 9.15. The highest BCUT2D eigenvalue weighted by atomic mass is 16.3. The molecule has 2 heterocycles. The minimum atomic E-state index is -0.204. The molecule has 0 aliphatic heterocycles. The first-order valence-electron chi connectivity index (χ1n) is 9.15. The van der Waals surface area contributed by atoms with Crippen LogP contribution in [0.4, 0.5) is 0 Å². The first kappa shape index (κ1) is 21.1. The lowest BCUT2D eigenvalue weighted by Crippen LogP contribution is -2.20. The number of rotatable bonds is 9. The number of hydrogen-bond acceptors (Lipinski definition) is 6. The molecule has 8 nitrogen and oxygen atoms in total. The van der Waals surface area contributed by atoms with Crippen LogP contribution in [0.3, 0.4) is 0 Å². The molecule has 0 saturated carbocycles. The summed E-state index contributed by atoms with van der Waals surface area (Å²) < 4.78 is 10.9. The summed E-state index contributed by atoms with van der Waals surface area (Å²) in [6, 6.07) is 7.28. The summed E-state index contributed by atoms with van der Waals surface area (Å²) in [5.41, 5.74) is 6.19. The maximum Gasteiger partial charge on any atom is 0.240 e. The predicted molar refractivity (Wildman–Crippen MR) is 106 cm³/mol. The van der Waals surface area contributed by atoms with Crippen molar-refractivity contribution in [3.63, 3.8) is 0 Å². The van der Waals surface area contributed by atoms with Gasteiger partial charge in [-0.15, -0.1) is 0 Å². The molecular weight excluding hydrogens is 360 g/mol. The Hall–Kier alpha value is -3.16. The van der Waals surface area contributed by atoms with Crippen molar-refractivity contribution in [1.82, 2.24) is 10.9 Å². The van der Waals surface area contributed by atoms with Crippen molar-refractivity contribution >= 4 is 23.2 Å². The number of hydrazone groups is 2. The number of unbranched alkanes of at least 4 members (excludes halogenated alkanes) is 1. The van der Waals surface area contributed by atoms with Crippen molar-refractivity contribution in [3.8, 4) is 0 Å². The fourth-order valence-corrected chi connectivity index (χ4v) is 2.34. The molecule has 2 rings (SSSR count). The Morgan fingerprint density at radius 1 is 0.786 bits per heavy atom. The van der Waals surface area contributed by atoms with Crippen LogP contribution >= 0.6 is 0 Å². The molecule has 0 aromatic carbocycles. The molecule has 28 heavy (non-hydrogen) atoms. The zero-order chi connectivity index (χ0) is 20.5. The lowest BCUT2D eigenvalue weighted by molar-refractivity contribution is -0.123. The van der Waals surface area contributed by atoms with E-state index in [1.54, 1.807) is 26.0 Å². The van der Waals surface area contributed by atoms with Crippen LogP contribution in [0.25, 0.3) is 0 Å². The molecule has 2 N–H and O–H groups in total. The van der Waals surface area contributed by atoms with Crippen molar-refractivity contribution in [3.05, 3.63) is 47.3 Å². The van der Waals surface area contributed by atoms with E-state index in [1.165, 1.54) is 0 Å². The maximum absolute atomic E-state index is 11.8. The highest BCUT2D eigenvalue weighted by molar-refractivity contribution is 5.97. The molecule has 0 saturated heterocycles. The summed E-state index contributed by atoms with van der Waals surface area (Å²) in [7, 11) is 0. The van der Waals surface area contributed by atoms with Crippen LogP contribution in [0, 0.1) is 13.8 Å². The number of amides is 2. The molecule has 0 unspecified atom stereocenters. The van der Waals surface area contributed by atoms with Crippen LogP contribution in [-0.4, -0.2) is 23.2 Å². The van der Waals surface area contributed by atoms with Gasteiger partial charge in [-0.1, -0.05) is 0 Å². The third kappa shape index (κ3) is 6.86. The van der Waals surface area contributed by atoms with E-state index in [0.717, 1.165) is 11.5 Å². The fraction of sp³-hybridized carbons (Fsp3) is 0.400. The van der Waals surface area contributed by atoms with Crippen LogP contribution in [0.5, 0.6) is 0 Å². The normalized spacial score (nSPS) is 12.1. The highest BCUT2D eigenvalue weighted by Crippen LogP contribution is 2.08. The average Bonchev–Trinajstić information content (AvgIpc) is 3.29. The molecule has 0 bridgehead atoms. The van der Waals surface area contributed by atoms with Crippen LogP contribution < -0.4 is 10.9 Å². The number of carbonyl (C=O) groups is 2. The third-order valence-corrected chi connectivity index (χ3v) is 3.95. The Morgan fingerprint density at radius 3 is 1.50 bits per heavy atom. The SMILES string of the molecule is CC(=NNC(=O)CCCCC(=O)NN=C(C)c1ccc(C)o1)c1ccc(C)o1. The second-order valence-electron chi connectivity index (χ2n) is 6.49. The Kier molecular flexibility index (Phi) is 7.74. The summed E-state index contributed by atoms with van der Waals surface area (Å²) in [6.45, 7) is 7.21. The largest absolute Gasteiger partial charge is 0.460 e. The molecule has 8 heteroatoms. The van der Waals surface area contributed by atoms with E-state index in [4.69, 9.17) is 8.83 Å². The summed E-state index contributed by atoms with van der Waals surface area (Å²) in [4.78, 5) is 23.6. The van der Waals surface area contributed by atoms with Crippen molar-refractivity contribution in [2.24, 2.45) is 10.2 Å². The molecule has 2 aromatic rings. The van der Waals surface area contributed by atoms with Gasteiger partial charge < -0.3 is 8.83 Å². The van der Waals surface area contributed by atoms with Gasteiger partial charge in [0.25, 0.3) is 0 Å². The highest BCUT2D eigenvalue weighted by Gasteiger charge is 2.07. The van der Waals surface area contributed by atoms with E-state index >= 15 is 0 Å². The third-order valence-electron chi connectivity index (χ3n) is 3.95. The standard InChI is InChI=1S/C20H26N4O4/c1-13-9-11-17(27-13)15(3)21-23-19(25)7-5-6-8-20(26)24-22-16(4)18-12-10-14(2)28-18/h9-12H,5-8H2,1-4H3,(H,23,25)(H,24,26). The van der Waals surface area contributed by atoms with Gasteiger partial charge in [0.1, 0.15) is 34.5 Å². The van der Waals surface area contributed by atoms with Crippen molar-refractivity contribution in [2.45, 2.75) is 53.4 Å². The number of aryl methyl sites for hydroxylation is 2. The summed E-state index contributed by atoms with van der Waals surface area (Å²) in [5, 5.41) is 8.04. The zero-order valence-electron chi connectivity index (χ0n) is 16.7. The Morgan fingerprint density at radius 2 is 1.18 bits per heavy atom. The van der Waals surface area contributed by atoms with Crippen molar-refractivity contribution < 1.29 is 18.4 Å². The molecule has 0 spiro atoms. The van der Waals surface area contributed by atoms with Crippen LogP contribution in [0.2, 0.25) is 0 Å². The minimum absolute atomic E-state index is 0.204. The van der Waals surface area contributed by atoms with Gasteiger partial charge >= 0.3 is 0 Å². The van der Waals surface area contributed by atoms with E-state index in [1.807, 2.05) is 26.0 Å². The van der Waals surface area contributed by atoms with Gasteiger partial charge in [0.15, 0.2) is 0 Å². The molecule has 0 radical (unpaired) electrons. The monoisotopic (exact) mass is 386 g/mol. The number of nitrogens with zero attached hydrogens (tertiary/aromatic N) is 2. The quantitative estimate of drug-likeness (QED) is 0.391. The Balaban J connectivity index is 1.63. The molecule has 0 fully saturated rings. The molecular formula is C20H26N4O4. The van der Waals surface area contributed by atoms with E-state index in [2.05, 4.69) is 21.1 Å². The maximum atomic E-state index is 11.8. The number of carbonyl (C=O) groups excluding carboxylic acids is 2. The average molecular weight is 386 g/mol. The lowest BCUT2D eigenvalue weighted by Gasteiger charge is -2.03. The topological polar surface area (TPSA) is 109 Å². The number of furan rings is 2. The summed E-state index contributed by atoms with van der Waals surface area (Å²) in [5.74, 6) is 2.40. The van der Waals surface area contributed by atoms with Gasteiger partial charge in [0.2, 0.25) is 11.8 Å². The number of hydrogen-bond donors (Lipinski definition) is 2. The summed E-state index contributed by atoms with van der Waals surface area (Å²) >= 11 is 0. The molecule has 0 aliphatic carbocycles. The Bertz CT molecular complexity index is 804. The molecule has 2 amide bonds. The van der Waals surface area contributed by atoms with Crippen molar-refractivity contribution in [1.29, 1.82) is 0 Å². The Labute approximate surface area is 164 Å². The van der Waals surface area contributed by atoms with E-state index in [9.17, 15) is 9.59 Å². The molecule has 2 aromatic heterocycles. The second kappa shape index (κ2) is 10.2. The fourth-order valence-electron chi connectivity index (χ4n) is 2.34. The van der Waals surface area contributed by atoms with Gasteiger partial charge in [-0.3, -0.25) is 9.59 Å². The van der Waals surface area contributed by atoms with Gasteiger partial charge in [0.05, 0.1) is 0 Å². The van der Waals surface area contributed by atoms with Gasteiger partial charge in [-0.25, -0.2) is 10.9 Å². The zero-order valence-corrected chi connectivity index (χ0v) is 16.7. The second-order valence-corrected chi connectivity index (χ2v) is 6.49. The lowest BCUT2D eigenvalue weighted by atomic mass is 10.2. The predicted octanol–water partition coefficient (Wildman–Crippen LogP) is 3.43. The van der Waals surface area contributed by atoms with Gasteiger partial charge in [-0.2, -0.15) is 10.2 Å². The van der Waals surface area contributed by atoms with Crippen molar-refractivity contribution in [2.75, 3.05) is 0 Å².